The highest BCUT2D eigenvalue weighted by Crippen LogP contribution is 2.25. The van der Waals surface area contributed by atoms with Gasteiger partial charge in [-0.25, -0.2) is 0 Å². The Bertz CT molecular complexity index is 461. The van der Waals surface area contributed by atoms with E-state index < -0.39 is 6.10 Å². The van der Waals surface area contributed by atoms with Gasteiger partial charge in [-0.1, -0.05) is 18.2 Å². The summed E-state index contributed by atoms with van der Waals surface area (Å²) in [5, 5.41) is 15.1. The minimum absolute atomic E-state index is 0.121. The normalized spacial score (nSPS) is 21.4. The predicted molar refractivity (Wildman–Crippen MR) is 75.1 cm³/mol. The van der Waals surface area contributed by atoms with Crippen molar-refractivity contribution < 1.29 is 14.7 Å². The van der Waals surface area contributed by atoms with E-state index in [1.54, 1.807) is 24.3 Å². The molecule has 2 rings (SSSR count). The van der Waals surface area contributed by atoms with Gasteiger partial charge in [0.15, 0.2) is 0 Å². The minimum Gasteiger partial charge on any atom is -0.392 e. The van der Waals surface area contributed by atoms with Crippen molar-refractivity contribution in [3.8, 4) is 0 Å². The molecule has 5 heteroatoms. The number of carbonyl (C=O) groups is 2. The van der Waals surface area contributed by atoms with Crippen LogP contribution in [0.2, 0.25) is 0 Å². The first-order valence-electron chi connectivity index (χ1n) is 6.97. The van der Waals surface area contributed by atoms with Gasteiger partial charge in [0, 0.05) is 18.7 Å². The number of benzene rings is 1. The number of hydrogen-bond acceptors (Lipinski definition) is 3. The van der Waals surface area contributed by atoms with Crippen LogP contribution in [0, 0.1) is 5.92 Å². The lowest BCUT2D eigenvalue weighted by Crippen LogP contribution is -2.39. The molecule has 1 saturated carbocycles. The van der Waals surface area contributed by atoms with E-state index in [0.717, 1.165) is 12.8 Å². The first kappa shape index (κ1) is 14.5. The molecule has 1 aliphatic carbocycles. The lowest BCUT2D eigenvalue weighted by atomic mass is 10.1. The summed E-state index contributed by atoms with van der Waals surface area (Å²) in [5.74, 6) is -0.565. The van der Waals surface area contributed by atoms with Crippen molar-refractivity contribution in [3.63, 3.8) is 0 Å². The topological polar surface area (TPSA) is 78.4 Å². The molecule has 1 aliphatic rings. The molecule has 0 radical (unpaired) electrons. The van der Waals surface area contributed by atoms with Crippen LogP contribution in [0.1, 0.15) is 29.6 Å². The molecule has 0 heterocycles. The number of aliphatic hydroxyl groups excluding tert-OH is 1. The van der Waals surface area contributed by atoms with Gasteiger partial charge in [0.2, 0.25) is 5.91 Å². The molecule has 0 bridgehead atoms. The second kappa shape index (κ2) is 7.05. The van der Waals surface area contributed by atoms with E-state index in [1.807, 2.05) is 6.07 Å². The van der Waals surface area contributed by atoms with Crippen molar-refractivity contribution in [1.82, 2.24) is 10.6 Å². The van der Waals surface area contributed by atoms with E-state index in [0.29, 0.717) is 25.1 Å². The van der Waals surface area contributed by atoms with Crippen molar-refractivity contribution in [2.75, 3.05) is 13.1 Å². The number of aliphatic hydroxyl groups is 1. The van der Waals surface area contributed by atoms with Crippen LogP contribution in [-0.4, -0.2) is 36.1 Å². The maximum atomic E-state index is 11.8. The van der Waals surface area contributed by atoms with Crippen LogP contribution < -0.4 is 10.6 Å². The van der Waals surface area contributed by atoms with Crippen LogP contribution in [0.4, 0.5) is 0 Å². The van der Waals surface area contributed by atoms with Gasteiger partial charge >= 0.3 is 0 Å². The molecule has 5 nitrogen and oxygen atoms in total. The van der Waals surface area contributed by atoms with Crippen molar-refractivity contribution in [2.24, 2.45) is 5.92 Å². The van der Waals surface area contributed by atoms with Crippen molar-refractivity contribution in [3.05, 3.63) is 35.9 Å². The number of nitrogens with one attached hydrogen (secondary N) is 2. The first-order valence-corrected chi connectivity index (χ1v) is 6.97. The molecule has 0 aliphatic heterocycles. The van der Waals surface area contributed by atoms with Crippen molar-refractivity contribution in [1.29, 1.82) is 0 Å². The third kappa shape index (κ3) is 3.81. The summed E-state index contributed by atoms with van der Waals surface area (Å²) in [6.45, 7) is 0.753. The predicted octanol–water partition coefficient (Wildman–Crippen LogP) is 0.694. The first-order chi connectivity index (χ1) is 9.68. The molecule has 0 aromatic heterocycles. The minimum atomic E-state index is -0.520. The SMILES string of the molecule is O=C(NCCNC(=O)C1CCCC1O)c1ccccc1. The van der Waals surface area contributed by atoms with E-state index in [2.05, 4.69) is 10.6 Å². The fourth-order valence-electron chi connectivity index (χ4n) is 2.43. The lowest BCUT2D eigenvalue weighted by Gasteiger charge is -2.14. The molecule has 0 spiro atoms. The van der Waals surface area contributed by atoms with Crippen molar-refractivity contribution in [2.45, 2.75) is 25.4 Å². The zero-order chi connectivity index (χ0) is 14.4. The van der Waals surface area contributed by atoms with Crippen LogP contribution in [0.3, 0.4) is 0 Å². The Morgan fingerprint density at radius 2 is 1.80 bits per heavy atom. The fourth-order valence-corrected chi connectivity index (χ4v) is 2.43. The van der Waals surface area contributed by atoms with Gasteiger partial charge < -0.3 is 15.7 Å². The summed E-state index contributed by atoms with van der Waals surface area (Å²) in [7, 11) is 0. The maximum Gasteiger partial charge on any atom is 0.251 e. The Labute approximate surface area is 118 Å². The van der Waals surface area contributed by atoms with E-state index in [4.69, 9.17) is 0 Å². The summed E-state index contributed by atoms with van der Waals surface area (Å²) in [6.07, 6.45) is 1.81. The zero-order valence-corrected chi connectivity index (χ0v) is 11.3. The Kier molecular flexibility index (Phi) is 5.12. The Hall–Kier alpha value is -1.88. The standard InChI is InChI=1S/C15H20N2O3/c18-13-8-4-7-12(13)15(20)17-10-9-16-14(19)11-5-2-1-3-6-11/h1-3,5-6,12-13,18H,4,7-10H2,(H,16,19)(H,17,20). The third-order valence-electron chi connectivity index (χ3n) is 3.56. The molecule has 20 heavy (non-hydrogen) atoms. The molecule has 2 amide bonds. The van der Waals surface area contributed by atoms with Crippen LogP contribution in [0.5, 0.6) is 0 Å². The summed E-state index contributed by atoms with van der Waals surface area (Å²) in [4.78, 5) is 23.5. The summed E-state index contributed by atoms with van der Waals surface area (Å²) in [5.41, 5.74) is 0.602. The van der Waals surface area contributed by atoms with Gasteiger partial charge in [0.05, 0.1) is 12.0 Å². The van der Waals surface area contributed by atoms with Crippen LogP contribution >= 0.6 is 0 Å². The summed E-state index contributed by atoms with van der Waals surface area (Å²) in [6, 6.07) is 8.94. The van der Waals surface area contributed by atoms with E-state index in [9.17, 15) is 14.7 Å². The lowest BCUT2D eigenvalue weighted by molar-refractivity contribution is -0.127. The highest BCUT2D eigenvalue weighted by atomic mass is 16.3. The zero-order valence-electron chi connectivity index (χ0n) is 11.3. The van der Waals surface area contributed by atoms with Gasteiger partial charge in [-0.15, -0.1) is 0 Å². The van der Waals surface area contributed by atoms with Gasteiger partial charge in [-0.3, -0.25) is 9.59 Å². The smallest absolute Gasteiger partial charge is 0.251 e. The van der Waals surface area contributed by atoms with E-state index >= 15 is 0 Å². The molecule has 1 fully saturated rings. The van der Waals surface area contributed by atoms with Gasteiger partial charge in [0.1, 0.15) is 0 Å². The Morgan fingerprint density at radius 3 is 2.45 bits per heavy atom. The molecule has 2 atom stereocenters. The summed E-state index contributed by atoms with van der Waals surface area (Å²) < 4.78 is 0. The third-order valence-corrected chi connectivity index (χ3v) is 3.56. The van der Waals surface area contributed by atoms with E-state index in [-0.39, 0.29) is 17.7 Å². The van der Waals surface area contributed by atoms with Crippen molar-refractivity contribution >= 4 is 11.8 Å². The van der Waals surface area contributed by atoms with Gasteiger partial charge in [0.25, 0.3) is 5.91 Å². The Balaban J connectivity index is 1.66. The molecule has 1 aromatic carbocycles. The molecule has 108 valence electrons. The van der Waals surface area contributed by atoms with Crippen LogP contribution in [-0.2, 0) is 4.79 Å². The quantitative estimate of drug-likeness (QED) is 0.692. The Morgan fingerprint density at radius 1 is 1.10 bits per heavy atom. The maximum absolute atomic E-state index is 11.8. The molecular weight excluding hydrogens is 256 g/mol. The average molecular weight is 276 g/mol. The molecule has 2 unspecified atom stereocenters. The number of hydrogen-bond donors (Lipinski definition) is 3. The number of carbonyl (C=O) groups excluding carboxylic acids is 2. The highest BCUT2D eigenvalue weighted by molar-refractivity contribution is 5.94. The number of rotatable bonds is 5. The second-order valence-corrected chi connectivity index (χ2v) is 5.02. The monoisotopic (exact) mass is 276 g/mol. The highest BCUT2D eigenvalue weighted by Gasteiger charge is 2.30. The summed E-state index contributed by atoms with van der Waals surface area (Å²) >= 11 is 0. The average Bonchev–Trinajstić information content (AvgIpc) is 2.90. The largest absolute Gasteiger partial charge is 0.392 e. The second-order valence-electron chi connectivity index (χ2n) is 5.02. The van der Waals surface area contributed by atoms with Crippen LogP contribution in [0.25, 0.3) is 0 Å². The van der Waals surface area contributed by atoms with Gasteiger partial charge in [-0.2, -0.15) is 0 Å². The molecule has 3 N–H and O–H groups in total. The molecular formula is C15H20N2O3. The molecule has 1 aromatic rings. The fraction of sp³-hybridized carbons (Fsp3) is 0.467. The number of amides is 2. The van der Waals surface area contributed by atoms with Crippen LogP contribution in [0.15, 0.2) is 30.3 Å². The molecule has 0 saturated heterocycles. The van der Waals surface area contributed by atoms with E-state index in [1.165, 1.54) is 0 Å². The van der Waals surface area contributed by atoms with Gasteiger partial charge in [-0.05, 0) is 31.4 Å².